The van der Waals surface area contributed by atoms with Gasteiger partial charge in [-0.25, -0.2) is 0 Å². The van der Waals surface area contributed by atoms with Crippen molar-refractivity contribution in [1.82, 2.24) is 10.6 Å². The van der Waals surface area contributed by atoms with Crippen LogP contribution in [0.15, 0.2) is 0 Å². The largest absolute Gasteiger partial charge is 0.458 e. The Morgan fingerprint density at radius 2 is 1.68 bits per heavy atom. The van der Waals surface area contributed by atoms with Gasteiger partial charge in [-0.15, -0.1) is 0 Å². The standard InChI is InChI=1S/C17H30N2O3/c1-14-11-17(14)10-8-6-4-2-3-5-7-9-15(20)19-13-18-12-16(21)22-17/h14,18H,2-13H2,1H3,(H,19,20). The van der Waals surface area contributed by atoms with Gasteiger partial charge in [-0.1, -0.05) is 39.0 Å². The van der Waals surface area contributed by atoms with Gasteiger partial charge in [0.1, 0.15) is 5.60 Å². The van der Waals surface area contributed by atoms with Crippen LogP contribution in [0.5, 0.6) is 0 Å². The second-order valence-corrected chi connectivity index (χ2v) is 6.82. The van der Waals surface area contributed by atoms with Gasteiger partial charge in [-0.3, -0.25) is 14.9 Å². The molecule has 0 aromatic heterocycles. The van der Waals surface area contributed by atoms with Crippen molar-refractivity contribution in [2.75, 3.05) is 13.2 Å². The molecule has 2 fully saturated rings. The maximum absolute atomic E-state index is 11.9. The average Bonchev–Trinajstić information content (AvgIpc) is 3.10. The first-order valence-electron chi connectivity index (χ1n) is 8.82. The third kappa shape index (κ3) is 5.59. The molecule has 5 heteroatoms. The molecular formula is C17H30N2O3. The summed E-state index contributed by atoms with van der Waals surface area (Å²) in [4.78, 5) is 23.5. The molecule has 1 saturated carbocycles. The summed E-state index contributed by atoms with van der Waals surface area (Å²) in [5.74, 6) is 0.332. The van der Waals surface area contributed by atoms with E-state index in [1.54, 1.807) is 0 Å². The molecule has 1 spiro atoms. The number of hydrogen-bond acceptors (Lipinski definition) is 4. The Morgan fingerprint density at radius 1 is 1.05 bits per heavy atom. The highest BCUT2D eigenvalue weighted by Crippen LogP contribution is 2.50. The van der Waals surface area contributed by atoms with Crippen LogP contribution in [0.1, 0.15) is 71.1 Å². The molecule has 2 N–H and O–H groups in total. The summed E-state index contributed by atoms with van der Waals surface area (Å²) in [5, 5.41) is 5.72. The van der Waals surface area contributed by atoms with E-state index in [1.807, 2.05) is 0 Å². The van der Waals surface area contributed by atoms with Gasteiger partial charge in [-0.05, 0) is 31.6 Å². The first kappa shape index (κ1) is 17.3. The first-order valence-corrected chi connectivity index (χ1v) is 8.82. The van der Waals surface area contributed by atoms with Crippen molar-refractivity contribution in [2.24, 2.45) is 5.92 Å². The molecule has 2 unspecified atom stereocenters. The SMILES string of the molecule is CC1CC12CCCCCCCCCC(=O)NCNCC(=O)O2. The monoisotopic (exact) mass is 310 g/mol. The van der Waals surface area contributed by atoms with Crippen molar-refractivity contribution in [3.05, 3.63) is 0 Å². The molecule has 2 rings (SSSR count). The van der Waals surface area contributed by atoms with Crippen molar-refractivity contribution in [2.45, 2.75) is 76.7 Å². The number of esters is 1. The van der Waals surface area contributed by atoms with E-state index < -0.39 is 0 Å². The molecule has 1 heterocycles. The number of nitrogens with one attached hydrogen (secondary N) is 2. The van der Waals surface area contributed by atoms with Crippen LogP contribution in [0, 0.1) is 5.92 Å². The normalized spacial score (nSPS) is 32.9. The number of amides is 1. The van der Waals surface area contributed by atoms with Crippen molar-refractivity contribution < 1.29 is 14.3 Å². The highest BCUT2D eigenvalue weighted by atomic mass is 16.6. The van der Waals surface area contributed by atoms with E-state index in [4.69, 9.17) is 4.74 Å². The minimum absolute atomic E-state index is 0.0532. The number of carbonyl (C=O) groups is 2. The molecule has 0 aromatic carbocycles. The zero-order valence-corrected chi connectivity index (χ0v) is 13.8. The lowest BCUT2D eigenvalue weighted by Crippen LogP contribution is -2.38. The van der Waals surface area contributed by atoms with Gasteiger partial charge in [0.05, 0.1) is 13.2 Å². The summed E-state index contributed by atoms with van der Waals surface area (Å²) < 4.78 is 5.70. The van der Waals surface area contributed by atoms with Crippen molar-refractivity contribution >= 4 is 11.9 Å². The van der Waals surface area contributed by atoms with E-state index in [0.717, 1.165) is 32.1 Å². The third-order valence-corrected chi connectivity index (χ3v) is 4.89. The Morgan fingerprint density at radius 3 is 2.36 bits per heavy atom. The Balaban J connectivity index is 1.79. The average molecular weight is 310 g/mol. The van der Waals surface area contributed by atoms with Crippen LogP contribution < -0.4 is 10.6 Å². The van der Waals surface area contributed by atoms with E-state index in [9.17, 15) is 9.59 Å². The fraction of sp³-hybridized carbons (Fsp3) is 0.882. The van der Waals surface area contributed by atoms with Crippen LogP contribution in [-0.4, -0.2) is 30.7 Å². The predicted molar refractivity (Wildman–Crippen MR) is 85.2 cm³/mol. The van der Waals surface area contributed by atoms with Gasteiger partial charge in [0.2, 0.25) is 5.91 Å². The van der Waals surface area contributed by atoms with E-state index >= 15 is 0 Å². The summed E-state index contributed by atoms with van der Waals surface area (Å²) in [6.45, 7) is 2.65. The van der Waals surface area contributed by atoms with Gasteiger partial charge in [0, 0.05) is 6.42 Å². The molecular weight excluding hydrogens is 280 g/mol. The third-order valence-electron chi connectivity index (χ3n) is 4.89. The fourth-order valence-corrected chi connectivity index (χ4v) is 3.27. The van der Waals surface area contributed by atoms with Crippen LogP contribution in [0.4, 0.5) is 0 Å². The Labute approximate surface area is 133 Å². The van der Waals surface area contributed by atoms with Crippen LogP contribution >= 0.6 is 0 Å². The van der Waals surface area contributed by atoms with Crippen LogP contribution in [-0.2, 0) is 14.3 Å². The van der Waals surface area contributed by atoms with Crippen molar-refractivity contribution in [3.63, 3.8) is 0 Å². The number of hydrogen-bond donors (Lipinski definition) is 2. The second kappa shape index (κ2) is 8.51. The molecule has 2 atom stereocenters. The molecule has 1 amide bonds. The van der Waals surface area contributed by atoms with Crippen LogP contribution in [0.2, 0.25) is 0 Å². The van der Waals surface area contributed by atoms with Crippen molar-refractivity contribution in [3.8, 4) is 0 Å². The maximum atomic E-state index is 11.9. The molecule has 5 nitrogen and oxygen atoms in total. The van der Waals surface area contributed by atoms with E-state index in [1.165, 1.54) is 25.7 Å². The molecule has 22 heavy (non-hydrogen) atoms. The number of carbonyl (C=O) groups excluding carboxylic acids is 2. The summed E-state index contributed by atoms with van der Waals surface area (Å²) in [6.07, 6.45) is 10.7. The van der Waals surface area contributed by atoms with Gasteiger partial charge in [0.25, 0.3) is 0 Å². The lowest BCUT2D eigenvalue weighted by Gasteiger charge is -2.18. The summed E-state index contributed by atoms with van der Waals surface area (Å²) in [5.41, 5.74) is -0.198. The molecule has 1 saturated heterocycles. The number of ether oxygens (including phenoxy) is 1. The highest BCUT2D eigenvalue weighted by Gasteiger charge is 2.54. The molecule has 126 valence electrons. The quantitative estimate of drug-likeness (QED) is 0.675. The van der Waals surface area contributed by atoms with Crippen LogP contribution in [0.3, 0.4) is 0 Å². The lowest BCUT2D eigenvalue weighted by molar-refractivity contribution is -0.151. The zero-order valence-electron chi connectivity index (χ0n) is 13.8. The van der Waals surface area contributed by atoms with E-state index in [-0.39, 0.29) is 24.0 Å². The summed E-state index contributed by atoms with van der Waals surface area (Å²) in [6, 6.07) is 0. The first-order chi connectivity index (χ1) is 10.6. The van der Waals surface area contributed by atoms with Gasteiger partial charge in [0.15, 0.2) is 0 Å². The minimum atomic E-state index is -0.206. The Hall–Kier alpha value is -1.10. The molecule has 2 aliphatic rings. The van der Waals surface area contributed by atoms with Gasteiger partial charge in [-0.2, -0.15) is 0 Å². The predicted octanol–water partition coefficient (Wildman–Crippen LogP) is 2.50. The highest BCUT2D eigenvalue weighted by molar-refractivity contribution is 5.76. The van der Waals surface area contributed by atoms with E-state index in [0.29, 0.717) is 19.0 Å². The lowest BCUT2D eigenvalue weighted by atomic mass is 10.0. The summed E-state index contributed by atoms with van der Waals surface area (Å²) in [7, 11) is 0. The topological polar surface area (TPSA) is 67.4 Å². The molecule has 0 radical (unpaired) electrons. The van der Waals surface area contributed by atoms with Gasteiger partial charge < -0.3 is 10.1 Å². The minimum Gasteiger partial charge on any atom is -0.458 e. The number of rotatable bonds is 0. The maximum Gasteiger partial charge on any atom is 0.320 e. The zero-order chi connectivity index (χ0) is 15.8. The fourth-order valence-electron chi connectivity index (χ4n) is 3.27. The Bertz CT molecular complexity index is 386. The van der Waals surface area contributed by atoms with E-state index in [2.05, 4.69) is 17.6 Å². The second-order valence-electron chi connectivity index (χ2n) is 6.82. The molecule has 1 aliphatic carbocycles. The Kier molecular flexibility index (Phi) is 6.68. The van der Waals surface area contributed by atoms with Gasteiger partial charge >= 0.3 is 5.97 Å². The smallest absolute Gasteiger partial charge is 0.320 e. The molecule has 0 aromatic rings. The van der Waals surface area contributed by atoms with Crippen molar-refractivity contribution in [1.29, 1.82) is 0 Å². The summed E-state index contributed by atoms with van der Waals surface area (Å²) >= 11 is 0. The molecule has 0 bridgehead atoms. The molecule has 1 aliphatic heterocycles. The van der Waals surface area contributed by atoms with Crippen LogP contribution in [0.25, 0.3) is 0 Å².